The highest BCUT2D eigenvalue weighted by molar-refractivity contribution is 7.99. The third-order valence-corrected chi connectivity index (χ3v) is 3.15. The van der Waals surface area contributed by atoms with Gasteiger partial charge in [0.05, 0.1) is 11.4 Å². The molecular weight excluding hydrogens is 244 g/mol. The molecule has 0 amide bonds. The van der Waals surface area contributed by atoms with Crippen LogP contribution in [0.3, 0.4) is 0 Å². The van der Waals surface area contributed by atoms with Crippen LogP contribution >= 0.6 is 23.4 Å². The second-order valence-corrected chi connectivity index (χ2v) is 4.85. The topological polar surface area (TPSA) is 37.9 Å². The predicted molar refractivity (Wildman–Crippen MR) is 68.7 cm³/mol. The molecule has 0 aliphatic heterocycles. The van der Waals surface area contributed by atoms with Crippen molar-refractivity contribution in [1.29, 1.82) is 0 Å². The minimum Gasteiger partial charge on any atom is -0.464 e. The van der Waals surface area contributed by atoms with E-state index in [1.54, 1.807) is 11.8 Å². The van der Waals surface area contributed by atoms with Gasteiger partial charge >= 0.3 is 0 Å². The highest BCUT2D eigenvalue weighted by atomic mass is 35.5. The van der Waals surface area contributed by atoms with Crippen LogP contribution < -0.4 is 4.74 Å². The van der Waals surface area contributed by atoms with E-state index in [9.17, 15) is 0 Å². The van der Waals surface area contributed by atoms with Crippen molar-refractivity contribution in [3.63, 3.8) is 0 Å². The molecule has 0 aliphatic carbocycles. The van der Waals surface area contributed by atoms with Crippen LogP contribution in [-0.4, -0.2) is 28.2 Å². The molecule has 3 nitrogen and oxygen atoms in total. The molecule has 0 bridgehead atoms. The number of halogens is 1. The van der Waals surface area contributed by atoms with Gasteiger partial charge in [0.25, 0.3) is 6.01 Å². The number of fused-ring (bicyclic) bond motifs is 1. The van der Waals surface area contributed by atoms with Gasteiger partial charge in [0.2, 0.25) is 0 Å². The zero-order valence-electron chi connectivity index (χ0n) is 9.00. The van der Waals surface area contributed by atoms with E-state index in [0.717, 1.165) is 16.8 Å². The number of benzene rings is 1. The number of nitrogens with one attached hydrogen (secondary N) is 1. The summed E-state index contributed by atoms with van der Waals surface area (Å²) in [6.45, 7) is 2.60. The molecule has 0 unspecified atom stereocenters. The van der Waals surface area contributed by atoms with Crippen molar-refractivity contribution in [2.45, 2.75) is 11.8 Å². The summed E-state index contributed by atoms with van der Waals surface area (Å²) >= 11 is 7.34. The summed E-state index contributed by atoms with van der Waals surface area (Å²) < 4.78 is 5.37. The lowest BCUT2D eigenvalue weighted by Gasteiger charge is -1.97. The number of aromatic nitrogens is 2. The molecule has 0 saturated carbocycles. The average molecular weight is 257 g/mol. The number of hydrogen-bond acceptors (Lipinski definition) is 3. The molecule has 0 spiro atoms. The van der Waals surface area contributed by atoms with Gasteiger partial charge in [-0.2, -0.15) is 4.98 Å². The van der Waals surface area contributed by atoms with E-state index < -0.39 is 0 Å². The first-order valence-corrected chi connectivity index (χ1v) is 6.67. The second-order valence-electron chi connectivity index (χ2n) is 3.16. The fraction of sp³-hybridized carbons (Fsp3) is 0.364. The number of thioether (sulfide) groups is 1. The van der Waals surface area contributed by atoms with Gasteiger partial charge in [0.15, 0.2) is 0 Å². The summed E-state index contributed by atoms with van der Waals surface area (Å²) in [6.07, 6.45) is 0. The number of rotatable bonds is 5. The van der Waals surface area contributed by atoms with Gasteiger partial charge in [-0.15, -0.1) is 23.4 Å². The third-order valence-electron chi connectivity index (χ3n) is 2.07. The molecule has 0 radical (unpaired) electrons. The highest BCUT2D eigenvalue weighted by Crippen LogP contribution is 2.27. The zero-order chi connectivity index (χ0) is 11.4. The standard InChI is InChI=1S/C11H13ClN2OS/c1-2-16-9-5-3-4-8-10(9)14-11(13-8)15-7-6-12/h3-5H,2,6-7H2,1H3,(H,13,14). The van der Waals surface area contributed by atoms with Crippen molar-refractivity contribution in [2.75, 3.05) is 18.2 Å². The van der Waals surface area contributed by atoms with Crippen LogP contribution in [0.25, 0.3) is 11.0 Å². The fourth-order valence-corrected chi connectivity index (χ4v) is 2.31. The van der Waals surface area contributed by atoms with Gasteiger partial charge in [0.1, 0.15) is 12.1 Å². The molecule has 1 aromatic heterocycles. The van der Waals surface area contributed by atoms with Gasteiger partial charge in [-0.3, -0.25) is 0 Å². The van der Waals surface area contributed by atoms with Gasteiger partial charge in [-0.1, -0.05) is 13.0 Å². The average Bonchev–Trinajstić information content (AvgIpc) is 2.70. The minimum atomic E-state index is 0.466. The van der Waals surface area contributed by atoms with E-state index in [1.165, 1.54) is 4.90 Å². The molecule has 1 heterocycles. The monoisotopic (exact) mass is 256 g/mol. The van der Waals surface area contributed by atoms with Crippen LogP contribution in [0.2, 0.25) is 0 Å². The van der Waals surface area contributed by atoms with Gasteiger partial charge in [0, 0.05) is 4.90 Å². The van der Waals surface area contributed by atoms with Crippen LogP contribution in [0.5, 0.6) is 6.01 Å². The molecule has 2 aromatic rings. The number of alkyl halides is 1. The van der Waals surface area contributed by atoms with E-state index in [-0.39, 0.29) is 0 Å². The molecule has 0 saturated heterocycles. The maximum atomic E-state index is 5.56. The van der Waals surface area contributed by atoms with Crippen molar-refractivity contribution < 1.29 is 4.74 Å². The number of nitrogens with zero attached hydrogens (tertiary/aromatic N) is 1. The Balaban J connectivity index is 2.32. The van der Waals surface area contributed by atoms with E-state index in [0.29, 0.717) is 18.5 Å². The summed E-state index contributed by atoms with van der Waals surface area (Å²) in [5.74, 6) is 1.50. The smallest absolute Gasteiger partial charge is 0.294 e. The minimum absolute atomic E-state index is 0.466. The molecule has 16 heavy (non-hydrogen) atoms. The van der Waals surface area contributed by atoms with Gasteiger partial charge < -0.3 is 9.72 Å². The van der Waals surface area contributed by atoms with Crippen molar-refractivity contribution >= 4 is 34.4 Å². The summed E-state index contributed by atoms with van der Waals surface area (Å²) in [5, 5.41) is 0. The summed E-state index contributed by atoms with van der Waals surface area (Å²) in [7, 11) is 0. The van der Waals surface area contributed by atoms with Crippen LogP contribution in [0.4, 0.5) is 0 Å². The zero-order valence-corrected chi connectivity index (χ0v) is 10.6. The van der Waals surface area contributed by atoms with E-state index in [4.69, 9.17) is 16.3 Å². The van der Waals surface area contributed by atoms with Crippen LogP contribution in [-0.2, 0) is 0 Å². The molecule has 0 aliphatic rings. The van der Waals surface area contributed by atoms with Crippen LogP contribution in [0.15, 0.2) is 23.1 Å². The number of ether oxygens (including phenoxy) is 1. The predicted octanol–water partition coefficient (Wildman–Crippen LogP) is 3.29. The SMILES string of the molecule is CCSc1cccc2[nH]c(OCCCl)nc12. The molecule has 0 atom stereocenters. The Morgan fingerprint density at radius 2 is 2.38 bits per heavy atom. The second kappa shape index (κ2) is 5.46. The van der Waals surface area contributed by atoms with E-state index in [2.05, 4.69) is 23.0 Å². The number of imidazole rings is 1. The number of para-hydroxylation sites is 1. The number of H-pyrrole nitrogens is 1. The first-order chi connectivity index (χ1) is 7.85. The van der Waals surface area contributed by atoms with Crippen molar-refractivity contribution in [3.8, 4) is 6.01 Å². The lowest BCUT2D eigenvalue weighted by atomic mass is 10.3. The molecular formula is C11H13ClN2OS. The Labute approximate surface area is 104 Å². The van der Waals surface area contributed by atoms with Gasteiger partial charge in [-0.25, -0.2) is 0 Å². The Hall–Kier alpha value is -0.870. The van der Waals surface area contributed by atoms with Crippen molar-refractivity contribution in [2.24, 2.45) is 0 Å². The normalized spacial score (nSPS) is 10.9. The number of hydrogen-bond donors (Lipinski definition) is 1. The lowest BCUT2D eigenvalue weighted by Crippen LogP contribution is -1.98. The molecule has 2 rings (SSSR count). The highest BCUT2D eigenvalue weighted by Gasteiger charge is 2.07. The quantitative estimate of drug-likeness (QED) is 0.659. The Bertz CT molecular complexity index is 472. The third kappa shape index (κ3) is 2.44. The fourth-order valence-electron chi connectivity index (χ4n) is 1.46. The summed E-state index contributed by atoms with van der Waals surface area (Å²) in [5.41, 5.74) is 1.97. The van der Waals surface area contributed by atoms with E-state index >= 15 is 0 Å². The summed E-state index contributed by atoms with van der Waals surface area (Å²) in [4.78, 5) is 8.71. The Kier molecular flexibility index (Phi) is 3.96. The van der Waals surface area contributed by atoms with Crippen molar-refractivity contribution in [3.05, 3.63) is 18.2 Å². The first kappa shape index (κ1) is 11.6. The Morgan fingerprint density at radius 3 is 3.12 bits per heavy atom. The van der Waals surface area contributed by atoms with Crippen LogP contribution in [0, 0.1) is 0 Å². The molecule has 5 heteroatoms. The molecule has 86 valence electrons. The summed E-state index contributed by atoms with van der Waals surface area (Å²) in [6, 6.07) is 6.63. The van der Waals surface area contributed by atoms with E-state index in [1.807, 2.05) is 12.1 Å². The van der Waals surface area contributed by atoms with Gasteiger partial charge in [-0.05, 0) is 17.9 Å². The molecule has 1 aromatic carbocycles. The first-order valence-electron chi connectivity index (χ1n) is 5.15. The Morgan fingerprint density at radius 1 is 1.50 bits per heavy atom. The molecule has 0 fully saturated rings. The van der Waals surface area contributed by atoms with Crippen LogP contribution in [0.1, 0.15) is 6.92 Å². The maximum Gasteiger partial charge on any atom is 0.294 e. The largest absolute Gasteiger partial charge is 0.464 e. The molecule has 1 N–H and O–H groups in total. The lowest BCUT2D eigenvalue weighted by molar-refractivity contribution is 0.319. The number of aromatic amines is 1. The maximum absolute atomic E-state index is 5.56. The van der Waals surface area contributed by atoms with Crippen molar-refractivity contribution in [1.82, 2.24) is 9.97 Å².